The van der Waals surface area contributed by atoms with Crippen LogP contribution in [0.3, 0.4) is 0 Å². The van der Waals surface area contributed by atoms with Gasteiger partial charge in [0.25, 0.3) is 0 Å². The number of amides is 2. The molecule has 2 rings (SSSR count). The van der Waals surface area contributed by atoms with E-state index in [0.717, 1.165) is 26.2 Å². The number of hydrogen-bond acceptors (Lipinski definition) is 6. The summed E-state index contributed by atoms with van der Waals surface area (Å²) in [5.41, 5.74) is 0.617. The highest BCUT2D eigenvalue weighted by Gasteiger charge is 2.21. The lowest BCUT2D eigenvalue weighted by atomic mass is 10.2. The van der Waals surface area contributed by atoms with Crippen molar-refractivity contribution in [1.82, 2.24) is 15.1 Å². The zero-order valence-electron chi connectivity index (χ0n) is 18.4. The molecule has 0 unspecified atom stereocenters. The summed E-state index contributed by atoms with van der Waals surface area (Å²) in [6.07, 6.45) is 0. The predicted molar refractivity (Wildman–Crippen MR) is 121 cm³/mol. The van der Waals surface area contributed by atoms with Crippen molar-refractivity contribution in [2.45, 2.75) is 33.7 Å². The molecule has 0 saturated carbocycles. The van der Waals surface area contributed by atoms with Crippen LogP contribution >= 0.6 is 12.4 Å². The Balaban J connectivity index is 0.00000450. The van der Waals surface area contributed by atoms with Crippen molar-refractivity contribution in [3.8, 4) is 11.5 Å². The zero-order chi connectivity index (χ0) is 21.2. The van der Waals surface area contributed by atoms with Gasteiger partial charge in [-0.3, -0.25) is 19.4 Å². The molecular formula is C21H35ClN4O4. The second-order valence-electron chi connectivity index (χ2n) is 7.35. The van der Waals surface area contributed by atoms with Gasteiger partial charge in [-0.15, -0.1) is 12.4 Å². The lowest BCUT2D eigenvalue weighted by Gasteiger charge is -2.34. The van der Waals surface area contributed by atoms with Crippen LogP contribution in [-0.2, 0) is 9.59 Å². The van der Waals surface area contributed by atoms with E-state index in [2.05, 4.69) is 20.4 Å². The Morgan fingerprint density at radius 3 is 2.07 bits per heavy atom. The molecule has 170 valence electrons. The van der Waals surface area contributed by atoms with E-state index in [-0.39, 0.29) is 30.3 Å². The number of carbonyl (C=O) groups excluding carboxylic acids is 2. The van der Waals surface area contributed by atoms with Gasteiger partial charge in [0.2, 0.25) is 11.8 Å². The van der Waals surface area contributed by atoms with Crippen molar-refractivity contribution in [3.63, 3.8) is 0 Å². The molecule has 8 nitrogen and oxygen atoms in total. The number of halogens is 1. The van der Waals surface area contributed by atoms with Crippen LogP contribution in [-0.4, -0.2) is 80.1 Å². The fourth-order valence-electron chi connectivity index (χ4n) is 3.21. The second kappa shape index (κ2) is 13.3. The van der Waals surface area contributed by atoms with Crippen LogP contribution < -0.4 is 20.1 Å². The highest BCUT2D eigenvalue weighted by atomic mass is 35.5. The van der Waals surface area contributed by atoms with Gasteiger partial charge >= 0.3 is 0 Å². The van der Waals surface area contributed by atoms with E-state index in [1.54, 1.807) is 6.07 Å². The first kappa shape index (κ1) is 26.0. The number of anilines is 1. The van der Waals surface area contributed by atoms with Crippen molar-refractivity contribution in [2.24, 2.45) is 0 Å². The molecule has 30 heavy (non-hydrogen) atoms. The number of carbonyl (C=O) groups is 2. The number of benzene rings is 1. The quantitative estimate of drug-likeness (QED) is 0.576. The van der Waals surface area contributed by atoms with Crippen LogP contribution in [0.25, 0.3) is 0 Å². The topological polar surface area (TPSA) is 83.1 Å². The number of rotatable bonds is 10. The molecule has 9 heteroatoms. The maximum Gasteiger partial charge on any atom is 0.238 e. The number of hydrogen-bond donors (Lipinski definition) is 2. The minimum absolute atomic E-state index is 0. The van der Waals surface area contributed by atoms with E-state index in [1.807, 2.05) is 39.8 Å². The highest BCUT2D eigenvalue weighted by Crippen LogP contribution is 2.29. The summed E-state index contributed by atoms with van der Waals surface area (Å²) in [5, 5.41) is 5.85. The molecule has 1 saturated heterocycles. The van der Waals surface area contributed by atoms with Gasteiger partial charge in [-0.2, -0.15) is 0 Å². The third-order valence-corrected chi connectivity index (χ3v) is 4.48. The highest BCUT2D eigenvalue weighted by molar-refractivity contribution is 5.94. The van der Waals surface area contributed by atoms with Crippen molar-refractivity contribution in [3.05, 3.63) is 18.2 Å². The van der Waals surface area contributed by atoms with E-state index >= 15 is 0 Å². The average molecular weight is 443 g/mol. The normalized spacial score (nSPS) is 14.7. The molecule has 1 aliphatic rings. The van der Waals surface area contributed by atoms with Crippen LogP contribution in [0.5, 0.6) is 11.5 Å². The summed E-state index contributed by atoms with van der Waals surface area (Å²) < 4.78 is 11.1. The SMILES string of the molecule is CCOc1ccc(OCC)c(NC(=O)CN2CCN(CC(=O)NC(C)C)CC2)c1.Cl. The molecule has 2 N–H and O–H groups in total. The summed E-state index contributed by atoms with van der Waals surface area (Å²) in [5.74, 6) is 1.28. The fourth-order valence-corrected chi connectivity index (χ4v) is 3.21. The predicted octanol–water partition coefficient (Wildman–Crippen LogP) is 1.99. The van der Waals surface area contributed by atoms with Gasteiger partial charge in [0.1, 0.15) is 11.5 Å². The van der Waals surface area contributed by atoms with Crippen molar-refractivity contribution < 1.29 is 19.1 Å². The van der Waals surface area contributed by atoms with Crippen LogP contribution in [0.1, 0.15) is 27.7 Å². The maximum absolute atomic E-state index is 12.6. The van der Waals surface area contributed by atoms with Gasteiger partial charge in [0.05, 0.1) is 32.0 Å². The van der Waals surface area contributed by atoms with E-state index in [1.165, 1.54) is 0 Å². The standard InChI is InChI=1S/C21H34N4O4.ClH/c1-5-28-17-7-8-19(29-6-2)18(13-17)23-21(27)15-25-11-9-24(10-12-25)14-20(26)22-16(3)4;/h7-8,13,16H,5-6,9-12,14-15H2,1-4H3,(H,22,26)(H,23,27);1H. The number of nitrogens with zero attached hydrogens (tertiary/aromatic N) is 2. The van der Waals surface area contributed by atoms with Gasteiger partial charge in [-0.1, -0.05) is 0 Å². The summed E-state index contributed by atoms with van der Waals surface area (Å²) >= 11 is 0. The van der Waals surface area contributed by atoms with E-state index in [0.29, 0.717) is 43.5 Å². The summed E-state index contributed by atoms with van der Waals surface area (Å²) in [6.45, 7) is 12.5. The van der Waals surface area contributed by atoms with E-state index in [9.17, 15) is 9.59 Å². The second-order valence-corrected chi connectivity index (χ2v) is 7.35. The Kier molecular flexibility index (Phi) is 11.5. The molecule has 1 aromatic rings. The molecule has 1 heterocycles. The summed E-state index contributed by atoms with van der Waals surface area (Å²) in [6, 6.07) is 5.58. The number of piperazine rings is 1. The fraction of sp³-hybridized carbons (Fsp3) is 0.619. The lowest BCUT2D eigenvalue weighted by molar-refractivity contribution is -0.124. The third-order valence-electron chi connectivity index (χ3n) is 4.48. The van der Waals surface area contributed by atoms with Gasteiger partial charge < -0.3 is 20.1 Å². The van der Waals surface area contributed by atoms with Gasteiger partial charge in [-0.25, -0.2) is 0 Å². The molecule has 0 radical (unpaired) electrons. The Morgan fingerprint density at radius 2 is 1.53 bits per heavy atom. The average Bonchev–Trinajstić information content (AvgIpc) is 2.65. The number of nitrogens with one attached hydrogen (secondary N) is 2. The number of ether oxygens (including phenoxy) is 2. The monoisotopic (exact) mass is 442 g/mol. The van der Waals surface area contributed by atoms with Gasteiger partial charge in [-0.05, 0) is 39.8 Å². The van der Waals surface area contributed by atoms with Crippen molar-refractivity contribution in [1.29, 1.82) is 0 Å². The maximum atomic E-state index is 12.6. The third kappa shape index (κ3) is 8.77. The minimum Gasteiger partial charge on any atom is -0.494 e. The Hall–Kier alpha value is -2.03. The summed E-state index contributed by atoms with van der Waals surface area (Å²) in [4.78, 5) is 28.7. The largest absolute Gasteiger partial charge is 0.494 e. The van der Waals surface area contributed by atoms with Crippen molar-refractivity contribution >= 4 is 29.9 Å². The Bertz CT molecular complexity index is 679. The lowest BCUT2D eigenvalue weighted by Crippen LogP contribution is -2.51. The van der Waals surface area contributed by atoms with Crippen LogP contribution in [0.4, 0.5) is 5.69 Å². The van der Waals surface area contributed by atoms with Crippen LogP contribution in [0.2, 0.25) is 0 Å². The first-order chi connectivity index (χ1) is 13.9. The summed E-state index contributed by atoms with van der Waals surface area (Å²) in [7, 11) is 0. The smallest absolute Gasteiger partial charge is 0.238 e. The minimum atomic E-state index is -0.0920. The first-order valence-electron chi connectivity index (χ1n) is 10.3. The molecule has 0 aromatic heterocycles. The zero-order valence-corrected chi connectivity index (χ0v) is 19.2. The van der Waals surface area contributed by atoms with Crippen LogP contribution in [0.15, 0.2) is 18.2 Å². The van der Waals surface area contributed by atoms with Gasteiger partial charge in [0.15, 0.2) is 0 Å². The molecule has 0 bridgehead atoms. The van der Waals surface area contributed by atoms with E-state index < -0.39 is 0 Å². The molecule has 0 aliphatic carbocycles. The molecule has 1 aliphatic heterocycles. The molecule has 2 amide bonds. The molecular weight excluding hydrogens is 408 g/mol. The van der Waals surface area contributed by atoms with Crippen molar-refractivity contribution in [2.75, 3.05) is 57.8 Å². The molecule has 1 fully saturated rings. The van der Waals surface area contributed by atoms with E-state index in [4.69, 9.17) is 9.47 Å². The molecule has 1 aromatic carbocycles. The van der Waals surface area contributed by atoms with Crippen LogP contribution in [0, 0.1) is 0 Å². The van der Waals surface area contributed by atoms with Gasteiger partial charge in [0, 0.05) is 38.3 Å². The first-order valence-corrected chi connectivity index (χ1v) is 10.3. The Labute approximate surface area is 185 Å². The molecule has 0 atom stereocenters. The molecule has 0 spiro atoms. The Morgan fingerprint density at radius 1 is 0.967 bits per heavy atom.